The third kappa shape index (κ3) is 15.6. The summed E-state index contributed by atoms with van der Waals surface area (Å²) in [5.41, 5.74) is 8.63. The van der Waals surface area contributed by atoms with Gasteiger partial charge in [-0.25, -0.2) is 4.79 Å². The molecule has 0 radical (unpaired) electrons. The number of alkyl carbamates (subject to hydrolysis) is 1. The number of aliphatic carboxylic acids is 1. The lowest BCUT2D eigenvalue weighted by atomic mass is 9.72. The summed E-state index contributed by atoms with van der Waals surface area (Å²) in [7, 11) is 0. The molecular weight excluding hydrogens is 853 g/mol. The van der Waals surface area contributed by atoms with Crippen molar-refractivity contribution in [1.29, 1.82) is 0 Å². The van der Waals surface area contributed by atoms with Gasteiger partial charge in [0.05, 0.1) is 31.1 Å². The van der Waals surface area contributed by atoms with E-state index in [0.717, 1.165) is 77.9 Å². The highest BCUT2D eigenvalue weighted by molar-refractivity contribution is 6.02. The summed E-state index contributed by atoms with van der Waals surface area (Å²) >= 11 is 0. The van der Waals surface area contributed by atoms with Crippen LogP contribution in [-0.4, -0.2) is 83.5 Å². The van der Waals surface area contributed by atoms with Gasteiger partial charge < -0.3 is 44.9 Å². The van der Waals surface area contributed by atoms with Gasteiger partial charge in [-0.3, -0.25) is 19.2 Å². The Labute approximate surface area is 399 Å². The van der Waals surface area contributed by atoms with Gasteiger partial charge in [0.15, 0.2) is 0 Å². The van der Waals surface area contributed by atoms with Crippen LogP contribution in [0.1, 0.15) is 158 Å². The Morgan fingerprint density at radius 1 is 0.627 bits per heavy atom. The quantitative estimate of drug-likeness (QED) is 0.182. The van der Waals surface area contributed by atoms with E-state index in [4.69, 9.17) is 29.8 Å². The molecule has 14 nitrogen and oxygen atoms in total. The Morgan fingerprint density at radius 3 is 1.43 bits per heavy atom. The Balaban J connectivity index is 0.000000264. The number of esters is 1. The van der Waals surface area contributed by atoms with E-state index < -0.39 is 41.3 Å². The lowest BCUT2D eigenvalue weighted by molar-refractivity contribution is -0.156. The Hall–Kier alpha value is -4.85. The molecule has 0 saturated heterocycles. The van der Waals surface area contributed by atoms with E-state index in [1.165, 1.54) is 25.7 Å². The molecule has 4 N–H and O–H groups in total. The van der Waals surface area contributed by atoms with Crippen LogP contribution in [-0.2, 0) is 41.5 Å². The van der Waals surface area contributed by atoms with Gasteiger partial charge in [-0.05, 0) is 176 Å². The predicted octanol–water partition coefficient (Wildman–Crippen LogP) is 9.55. The fraction of sp³-hybridized carbons (Fsp3) is 0.679. The van der Waals surface area contributed by atoms with Crippen molar-refractivity contribution in [3.05, 3.63) is 47.5 Å². The summed E-state index contributed by atoms with van der Waals surface area (Å²) in [5.74, 6) is 0.796. The highest BCUT2D eigenvalue weighted by atomic mass is 16.6. The molecule has 0 aromatic heterocycles. The van der Waals surface area contributed by atoms with Gasteiger partial charge in [-0.15, -0.1) is 0 Å². The topological polar surface area (TPSA) is 187 Å². The minimum Gasteiger partial charge on any atom is -0.490 e. The SMILES string of the molecule is CC(C)(C)C1CCC(Oc2ccc3c(c2)CCN3C(=O)C(N)CC(=O)O)CC1.CC(C)(C)OC(=O)CC(NC(=O)OC(C)(C)C)C(=O)N1CCc2cc(OC3CCC(C(C)(C)C)CC3)ccc21. The summed E-state index contributed by atoms with van der Waals surface area (Å²) in [6.07, 6.45) is 9.44. The molecular formula is C53H80N4O10. The number of anilines is 2. The Bertz CT molecular complexity index is 2030. The fourth-order valence-electron chi connectivity index (χ4n) is 9.70. The second-order valence-electron chi connectivity index (χ2n) is 23.2. The number of fused-ring (bicyclic) bond motifs is 2. The van der Waals surface area contributed by atoms with Gasteiger partial charge in [0.2, 0.25) is 11.8 Å². The minimum atomic E-state index is -1.12. The van der Waals surface area contributed by atoms with Gasteiger partial charge in [-0.1, -0.05) is 41.5 Å². The average molecular weight is 933 g/mol. The van der Waals surface area contributed by atoms with E-state index in [-0.39, 0.29) is 36.9 Å². The van der Waals surface area contributed by atoms with Crippen molar-refractivity contribution in [2.45, 2.75) is 196 Å². The minimum absolute atomic E-state index is 0.206. The van der Waals surface area contributed by atoms with Gasteiger partial charge in [0.1, 0.15) is 28.7 Å². The number of benzene rings is 2. The van der Waals surface area contributed by atoms with E-state index in [0.29, 0.717) is 30.3 Å². The molecule has 2 unspecified atom stereocenters. The van der Waals surface area contributed by atoms with Crippen LogP contribution in [0.15, 0.2) is 36.4 Å². The zero-order valence-electron chi connectivity index (χ0n) is 42.4. The van der Waals surface area contributed by atoms with Crippen LogP contribution in [0.3, 0.4) is 0 Å². The number of ether oxygens (including phenoxy) is 4. The van der Waals surface area contributed by atoms with Crippen molar-refractivity contribution < 1.29 is 48.0 Å². The first kappa shape index (κ1) is 53.1. The van der Waals surface area contributed by atoms with Crippen LogP contribution in [0.4, 0.5) is 16.2 Å². The van der Waals surface area contributed by atoms with Gasteiger partial charge in [0.25, 0.3) is 0 Å². The van der Waals surface area contributed by atoms with E-state index >= 15 is 0 Å². The molecule has 67 heavy (non-hydrogen) atoms. The molecule has 2 saturated carbocycles. The van der Waals surface area contributed by atoms with Crippen molar-refractivity contribution >= 4 is 41.2 Å². The molecule has 2 atom stereocenters. The summed E-state index contributed by atoms with van der Waals surface area (Å²) < 4.78 is 23.4. The van der Waals surface area contributed by atoms with E-state index in [1.54, 1.807) is 51.3 Å². The zero-order chi connectivity index (χ0) is 49.6. The summed E-state index contributed by atoms with van der Waals surface area (Å²) in [6, 6.07) is 9.50. The van der Waals surface area contributed by atoms with E-state index in [1.807, 2.05) is 36.4 Å². The first-order valence-electron chi connectivity index (χ1n) is 24.5. The molecule has 6 rings (SSSR count). The maximum Gasteiger partial charge on any atom is 0.408 e. The molecule has 2 aliphatic heterocycles. The first-order chi connectivity index (χ1) is 31.1. The van der Waals surface area contributed by atoms with E-state index in [2.05, 4.69) is 46.9 Å². The highest BCUT2D eigenvalue weighted by Gasteiger charge is 2.37. The summed E-state index contributed by atoms with van der Waals surface area (Å²) in [4.78, 5) is 65.3. The van der Waals surface area contributed by atoms with Gasteiger partial charge in [0, 0.05) is 24.5 Å². The molecule has 14 heteroatoms. The van der Waals surface area contributed by atoms with Gasteiger partial charge >= 0.3 is 18.0 Å². The third-order valence-electron chi connectivity index (χ3n) is 13.3. The van der Waals surface area contributed by atoms with Crippen LogP contribution < -0.4 is 30.3 Å². The molecule has 4 aliphatic rings. The number of nitrogens with zero attached hydrogens (tertiary/aromatic N) is 2. The average Bonchev–Trinajstić information content (AvgIpc) is 3.82. The van der Waals surface area contributed by atoms with Crippen LogP contribution in [0.25, 0.3) is 0 Å². The molecule has 372 valence electrons. The second kappa shape index (κ2) is 21.6. The van der Waals surface area contributed by atoms with Crippen LogP contribution in [0.2, 0.25) is 0 Å². The lowest BCUT2D eigenvalue weighted by Crippen LogP contribution is -2.50. The highest BCUT2D eigenvalue weighted by Crippen LogP contribution is 2.41. The third-order valence-corrected chi connectivity index (χ3v) is 13.3. The number of nitrogens with two attached hydrogens (primary N) is 1. The number of rotatable bonds is 11. The number of carboxylic acids is 1. The molecule has 2 aliphatic carbocycles. The lowest BCUT2D eigenvalue weighted by Gasteiger charge is -2.37. The maximum absolute atomic E-state index is 13.6. The standard InChI is InChI=1S/C31H48N2O6.C22H32N2O4/c1-29(2,3)21-10-12-22(13-11-21)37-23-14-15-25-20(18-23)16-17-33(25)27(35)24(19-26(34)38-30(4,5)6)32-28(36)39-31(7,8)9;1-22(2,3)15-4-6-16(7-5-15)28-17-8-9-19-14(12-17)10-11-24(19)21(27)18(23)13-20(25)26/h14-15,18,21-22,24H,10-13,16-17,19H2,1-9H3,(H,32,36);8-9,12,15-16,18H,4-7,10-11,13,23H2,1-3H3,(H,25,26). The largest absolute Gasteiger partial charge is 0.490 e. The molecule has 2 heterocycles. The van der Waals surface area contributed by atoms with E-state index in [9.17, 15) is 24.0 Å². The van der Waals surface area contributed by atoms with Crippen molar-refractivity contribution in [3.63, 3.8) is 0 Å². The van der Waals surface area contributed by atoms with Gasteiger partial charge in [-0.2, -0.15) is 0 Å². The monoisotopic (exact) mass is 933 g/mol. The number of amides is 3. The Morgan fingerprint density at radius 2 is 1.04 bits per heavy atom. The smallest absolute Gasteiger partial charge is 0.408 e. The number of hydrogen-bond donors (Lipinski definition) is 3. The zero-order valence-corrected chi connectivity index (χ0v) is 42.4. The number of nitrogens with one attached hydrogen (secondary N) is 1. The number of carbonyl (C=O) groups is 5. The number of carboxylic acid groups (broad SMARTS) is 1. The van der Waals surface area contributed by atoms with Crippen LogP contribution >= 0.6 is 0 Å². The second-order valence-corrected chi connectivity index (χ2v) is 23.2. The summed E-state index contributed by atoms with van der Waals surface area (Å²) in [5, 5.41) is 11.5. The van der Waals surface area contributed by atoms with Crippen molar-refractivity contribution in [1.82, 2.24) is 5.32 Å². The van der Waals surface area contributed by atoms with Crippen LogP contribution in [0.5, 0.6) is 11.5 Å². The molecule has 2 aromatic rings. The Kier molecular flexibility index (Phi) is 17.1. The predicted molar refractivity (Wildman–Crippen MR) is 261 cm³/mol. The van der Waals surface area contributed by atoms with Crippen molar-refractivity contribution in [2.75, 3.05) is 22.9 Å². The first-order valence-corrected chi connectivity index (χ1v) is 24.5. The molecule has 2 fully saturated rings. The maximum atomic E-state index is 13.6. The molecule has 0 bridgehead atoms. The molecule has 0 spiro atoms. The normalized spacial score (nSPS) is 21.7. The number of hydrogen-bond acceptors (Lipinski definition) is 10. The molecule has 2 aromatic carbocycles. The fourth-order valence-corrected chi connectivity index (χ4v) is 9.70. The summed E-state index contributed by atoms with van der Waals surface area (Å²) in [6.45, 7) is 25.4. The molecule has 3 amide bonds. The van der Waals surface area contributed by atoms with Crippen molar-refractivity contribution in [2.24, 2.45) is 28.4 Å². The number of carbonyl (C=O) groups excluding carboxylic acids is 4. The van der Waals surface area contributed by atoms with Crippen molar-refractivity contribution in [3.8, 4) is 11.5 Å². The van der Waals surface area contributed by atoms with Crippen LogP contribution in [0, 0.1) is 22.7 Å².